The molecule has 1 fully saturated rings. The molecule has 3 heterocycles. The molecule has 1 aliphatic rings. The van der Waals surface area contributed by atoms with E-state index in [2.05, 4.69) is 39.1 Å². The van der Waals surface area contributed by atoms with Gasteiger partial charge in [0.1, 0.15) is 12.1 Å². The SMILES string of the molecule is Cc1cc(NC[C@@H]2CCCN2CC(C)C)n2ncnc2n1. The molecule has 0 bridgehead atoms. The molecule has 0 aliphatic carbocycles. The summed E-state index contributed by atoms with van der Waals surface area (Å²) in [7, 11) is 0. The van der Waals surface area contributed by atoms with E-state index in [0.717, 1.165) is 24.0 Å². The van der Waals surface area contributed by atoms with Crippen LogP contribution in [0.15, 0.2) is 12.4 Å². The molecule has 0 radical (unpaired) electrons. The van der Waals surface area contributed by atoms with Crippen LogP contribution in [0.1, 0.15) is 32.4 Å². The van der Waals surface area contributed by atoms with Gasteiger partial charge in [0, 0.05) is 30.9 Å². The van der Waals surface area contributed by atoms with Gasteiger partial charge in [-0.25, -0.2) is 4.98 Å². The Labute approximate surface area is 125 Å². The first kappa shape index (κ1) is 14.3. The van der Waals surface area contributed by atoms with Crippen LogP contribution in [0, 0.1) is 12.8 Å². The third kappa shape index (κ3) is 3.15. The molecule has 6 heteroatoms. The van der Waals surface area contributed by atoms with Crippen molar-refractivity contribution in [3.63, 3.8) is 0 Å². The lowest BCUT2D eigenvalue weighted by Crippen LogP contribution is -2.37. The minimum absolute atomic E-state index is 0.611. The minimum Gasteiger partial charge on any atom is -0.368 e. The Balaban J connectivity index is 1.70. The van der Waals surface area contributed by atoms with Gasteiger partial charge in [-0.2, -0.15) is 14.6 Å². The fourth-order valence-corrected chi connectivity index (χ4v) is 3.11. The van der Waals surface area contributed by atoms with E-state index in [0.29, 0.717) is 11.8 Å². The normalized spacial score (nSPS) is 19.7. The summed E-state index contributed by atoms with van der Waals surface area (Å²) < 4.78 is 1.77. The van der Waals surface area contributed by atoms with E-state index in [1.807, 2.05) is 13.0 Å². The van der Waals surface area contributed by atoms with Crippen LogP contribution in [0.25, 0.3) is 5.78 Å². The Morgan fingerprint density at radius 2 is 2.29 bits per heavy atom. The van der Waals surface area contributed by atoms with E-state index in [9.17, 15) is 0 Å². The second-order valence-corrected chi connectivity index (χ2v) is 6.32. The molecular weight excluding hydrogens is 264 g/mol. The van der Waals surface area contributed by atoms with E-state index in [4.69, 9.17) is 0 Å². The van der Waals surface area contributed by atoms with E-state index < -0.39 is 0 Å². The lowest BCUT2D eigenvalue weighted by atomic mass is 10.1. The Morgan fingerprint density at radius 1 is 1.43 bits per heavy atom. The fraction of sp³-hybridized carbons (Fsp3) is 0.667. The van der Waals surface area contributed by atoms with Crippen molar-refractivity contribution >= 4 is 11.6 Å². The first-order chi connectivity index (χ1) is 10.1. The average molecular weight is 288 g/mol. The third-order valence-electron chi connectivity index (χ3n) is 4.00. The Morgan fingerprint density at radius 3 is 3.10 bits per heavy atom. The highest BCUT2D eigenvalue weighted by atomic mass is 15.4. The van der Waals surface area contributed by atoms with Crippen molar-refractivity contribution in [1.82, 2.24) is 24.5 Å². The first-order valence-corrected chi connectivity index (χ1v) is 7.79. The van der Waals surface area contributed by atoms with Gasteiger partial charge in [0.05, 0.1) is 0 Å². The zero-order valence-corrected chi connectivity index (χ0v) is 13.1. The predicted octanol–water partition coefficient (Wildman–Crippen LogP) is 1.97. The Kier molecular flexibility index (Phi) is 4.05. The van der Waals surface area contributed by atoms with Crippen LogP contribution in [-0.2, 0) is 0 Å². The highest BCUT2D eigenvalue weighted by Crippen LogP contribution is 2.19. The summed E-state index contributed by atoms with van der Waals surface area (Å²) in [6, 6.07) is 2.64. The summed E-state index contributed by atoms with van der Waals surface area (Å²) in [5.74, 6) is 2.35. The molecule has 2 aromatic heterocycles. The van der Waals surface area contributed by atoms with Gasteiger partial charge < -0.3 is 5.32 Å². The van der Waals surface area contributed by atoms with E-state index in [1.165, 1.54) is 25.9 Å². The molecule has 0 saturated carbocycles. The molecule has 0 unspecified atom stereocenters. The van der Waals surface area contributed by atoms with Crippen LogP contribution in [-0.4, -0.2) is 50.2 Å². The number of anilines is 1. The first-order valence-electron chi connectivity index (χ1n) is 7.79. The molecule has 1 N–H and O–H groups in total. The maximum absolute atomic E-state index is 4.37. The van der Waals surface area contributed by atoms with Crippen LogP contribution in [0.2, 0.25) is 0 Å². The highest BCUT2D eigenvalue weighted by Gasteiger charge is 2.24. The minimum atomic E-state index is 0.611. The standard InChI is InChI=1S/C15H24N6/c1-11(2)9-20-6-4-5-13(20)8-16-14-7-12(3)19-15-17-10-18-21(14)15/h7,10-11,13,16H,4-6,8-9H2,1-3H3/t13-/m0/s1. The van der Waals surface area contributed by atoms with Crippen LogP contribution < -0.4 is 5.32 Å². The summed E-state index contributed by atoms with van der Waals surface area (Å²) in [6.07, 6.45) is 4.12. The smallest absolute Gasteiger partial charge is 0.254 e. The number of aromatic nitrogens is 4. The van der Waals surface area contributed by atoms with Gasteiger partial charge in [0.15, 0.2) is 0 Å². The fourth-order valence-electron chi connectivity index (χ4n) is 3.11. The molecule has 21 heavy (non-hydrogen) atoms. The lowest BCUT2D eigenvalue weighted by molar-refractivity contribution is 0.234. The zero-order chi connectivity index (χ0) is 14.8. The van der Waals surface area contributed by atoms with Gasteiger partial charge in [-0.05, 0) is 32.2 Å². The van der Waals surface area contributed by atoms with Crippen LogP contribution in [0.3, 0.4) is 0 Å². The molecule has 1 saturated heterocycles. The molecule has 2 aromatic rings. The van der Waals surface area contributed by atoms with Gasteiger partial charge in [0.2, 0.25) is 0 Å². The number of nitrogens with zero attached hydrogens (tertiary/aromatic N) is 5. The molecule has 0 amide bonds. The quantitative estimate of drug-likeness (QED) is 0.911. The number of aryl methyl sites for hydroxylation is 1. The number of likely N-dealkylation sites (tertiary alicyclic amines) is 1. The van der Waals surface area contributed by atoms with Gasteiger partial charge in [-0.15, -0.1) is 0 Å². The highest BCUT2D eigenvalue weighted by molar-refractivity contribution is 5.44. The van der Waals surface area contributed by atoms with Gasteiger partial charge in [0.25, 0.3) is 5.78 Å². The second kappa shape index (κ2) is 5.97. The molecule has 6 nitrogen and oxygen atoms in total. The van der Waals surface area contributed by atoms with Crippen molar-refractivity contribution < 1.29 is 0 Å². The van der Waals surface area contributed by atoms with Gasteiger partial charge >= 0.3 is 0 Å². The molecular formula is C15H24N6. The molecule has 114 valence electrons. The molecule has 1 aliphatic heterocycles. The number of nitrogens with one attached hydrogen (secondary N) is 1. The van der Waals surface area contributed by atoms with Crippen molar-refractivity contribution in [2.45, 2.75) is 39.7 Å². The number of hydrogen-bond donors (Lipinski definition) is 1. The summed E-state index contributed by atoms with van der Waals surface area (Å²) in [4.78, 5) is 11.1. The summed E-state index contributed by atoms with van der Waals surface area (Å²) >= 11 is 0. The van der Waals surface area contributed by atoms with Crippen molar-refractivity contribution in [3.05, 3.63) is 18.1 Å². The Bertz CT molecular complexity index is 605. The summed E-state index contributed by atoms with van der Waals surface area (Å²) in [6.45, 7) is 9.91. The zero-order valence-electron chi connectivity index (χ0n) is 13.1. The predicted molar refractivity (Wildman–Crippen MR) is 83.4 cm³/mol. The van der Waals surface area contributed by atoms with E-state index >= 15 is 0 Å². The van der Waals surface area contributed by atoms with E-state index in [1.54, 1.807) is 10.8 Å². The maximum Gasteiger partial charge on any atom is 0.254 e. The van der Waals surface area contributed by atoms with Gasteiger partial charge in [-0.3, -0.25) is 4.90 Å². The van der Waals surface area contributed by atoms with Crippen molar-refractivity contribution in [3.8, 4) is 0 Å². The Hall–Kier alpha value is -1.69. The van der Waals surface area contributed by atoms with Crippen LogP contribution in [0.4, 0.5) is 5.82 Å². The summed E-state index contributed by atoms with van der Waals surface area (Å²) in [5.41, 5.74) is 0.962. The van der Waals surface area contributed by atoms with Crippen molar-refractivity contribution in [1.29, 1.82) is 0 Å². The number of hydrogen-bond acceptors (Lipinski definition) is 5. The third-order valence-corrected chi connectivity index (χ3v) is 4.00. The average Bonchev–Trinajstić information content (AvgIpc) is 3.04. The maximum atomic E-state index is 4.37. The number of rotatable bonds is 5. The topological polar surface area (TPSA) is 58.4 Å². The monoisotopic (exact) mass is 288 g/mol. The van der Waals surface area contributed by atoms with Crippen molar-refractivity contribution in [2.75, 3.05) is 25.0 Å². The largest absolute Gasteiger partial charge is 0.368 e. The van der Waals surface area contributed by atoms with Crippen molar-refractivity contribution in [2.24, 2.45) is 5.92 Å². The van der Waals surface area contributed by atoms with Gasteiger partial charge in [-0.1, -0.05) is 13.8 Å². The molecule has 0 aromatic carbocycles. The molecule has 3 rings (SSSR count). The van der Waals surface area contributed by atoms with Crippen LogP contribution in [0.5, 0.6) is 0 Å². The number of fused-ring (bicyclic) bond motifs is 1. The van der Waals surface area contributed by atoms with Crippen LogP contribution >= 0.6 is 0 Å². The second-order valence-electron chi connectivity index (χ2n) is 6.32. The molecule has 1 atom stereocenters. The summed E-state index contributed by atoms with van der Waals surface area (Å²) in [5, 5.41) is 7.78. The lowest BCUT2D eigenvalue weighted by Gasteiger charge is -2.26. The van der Waals surface area contributed by atoms with E-state index in [-0.39, 0.29) is 0 Å². The molecule has 0 spiro atoms.